The Kier molecular flexibility index (Phi) is 4.74. The van der Waals surface area contributed by atoms with Gasteiger partial charge >= 0.3 is 0 Å². The number of benzene rings is 1. The summed E-state index contributed by atoms with van der Waals surface area (Å²) in [5, 5.41) is 0. The molecule has 1 aromatic rings. The maximum atomic E-state index is 5.90. The van der Waals surface area contributed by atoms with Gasteiger partial charge in [-0.25, -0.2) is 0 Å². The van der Waals surface area contributed by atoms with Crippen molar-refractivity contribution in [2.75, 3.05) is 19.8 Å². The highest BCUT2D eigenvalue weighted by atomic mass is 79.9. The van der Waals surface area contributed by atoms with Crippen LogP contribution in [0.4, 0.5) is 0 Å². The van der Waals surface area contributed by atoms with Crippen molar-refractivity contribution in [2.24, 2.45) is 11.1 Å². The zero-order valence-corrected chi connectivity index (χ0v) is 13.3. The largest absolute Gasteiger partial charge is 0.489 e. The monoisotopic (exact) mass is 327 g/mol. The van der Waals surface area contributed by atoms with Crippen molar-refractivity contribution in [3.05, 3.63) is 22.2 Å². The number of unbranched alkanes of at least 4 members (excludes halogenated alkanes) is 1. The van der Waals surface area contributed by atoms with Crippen LogP contribution >= 0.6 is 15.9 Å². The third-order valence-corrected chi connectivity index (χ3v) is 3.99. The van der Waals surface area contributed by atoms with Gasteiger partial charge in [-0.2, -0.15) is 0 Å². The molecule has 2 rings (SSSR count). The summed E-state index contributed by atoms with van der Waals surface area (Å²) in [5.41, 5.74) is 6.84. The first-order valence-corrected chi connectivity index (χ1v) is 7.59. The summed E-state index contributed by atoms with van der Waals surface area (Å²) in [6.45, 7) is 6.41. The van der Waals surface area contributed by atoms with Crippen LogP contribution in [0.5, 0.6) is 11.5 Å². The lowest BCUT2D eigenvalue weighted by atomic mass is 9.97. The van der Waals surface area contributed by atoms with E-state index in [1.165, 1.54) is 5.56 Å². The van der Waals surface area contributed by atoms with Gasteiger partial charge in [-0.05, 0) is 43.5 Å². The lowest BCUT2D eigenvalue weighted by Crippen LogP contribution is -2.26. The predicted molar refractivity (Wildman–Crippen MR) is 80.9 cm³/mol. The number of hydrogen-bond donors (Lipinski definition) is 1. The Hall–Kier alpha value is -0.740. The van der Waals surface area contributed by atoms with Gasteiger partial charge in [0, 0.05) is 9.89 Å². The predicted octanol–water partition coefficient (Wildman–Crippen LogP) is 3.53. The van der Waals surface area contributed by atoms with E-state index in [0.29, 0.717) is 13.2 Å². The number of halogens is 1. The molecule has 106 valence electrons. The lowest BCUT2D eigenvalue weighted by Gasteiger charge is -2.19. The Bertz CT molecular complexity index is 446. The van der Waals surface area contributed by atoms with Gasteiger partial charge in [0.2, 0.25) is 0 Å². The maximum absolute atomic E-state index is 5.90. The molecule has 19 heavy (non-hydrogen) atoms. The molecular weight excluding hydrogens is 306 g/mol. The molecule has 0 radical (unpaired) electrons. The first-order valence-electron chi connectivity index (χ1n) is 6.80. The van der Waals surface area contributed by atoms with Crippen molar-refractivity contribution < 1.29 is 9.47 Å². The average molecular weight is 328 g/mol. The van der Waals surface area contributed by atoms with Gasteiger partial charge in [-0.3, -0.25) is 0 Å². The SMILES string of the molecule is CC1(C)COc2cc(Br)c(CCCCN)cc2OC1. The highest BCUT2D eigenvalue weighted by molar-refractivity contribution is 9.10. The molecule has 0 amide bonds. The second-order valence-corrected chi connectivity index (χ2v) is 6.73. The van der Waals surface area contributed by atoms with Gasteiger partial charge in [0.1, 0.15) is 0 Å². The van der Waals surface area contributed by atoms with E-state index in [9.17, 15) is 0 Å². The highest BCUT2D eigenvalue weighted by Crippen LogP contribution is 2.38. The second-order valence-electron chi connectivity index (χ2n) is 5.88. The molecule has 1 aromatic carbocycles. The molecule has 0 saturated heterocycles. The molecule has 0 aliphatic carbocycles. The quantitative estimate of drug-likeness (QED) is 0.860. The normalized spacial score (nSPS) is 17.1. The van der Waals surface area contributed by atoms with E-state index in [1.54, 1.807) is 0 Å². The third-order valence-electron chi connectivity index (χ3n) is 3.25. The van der Waals surface area contributed by atoms with Crippen molar-refractivity contribution in [1.82, 2.24) is 0 Å². The number of hydrogen-bond acceptors (Lipinski definition) is 3. The fraction of sp³-hybridized carbons (Fsp3) is 0.600. The van der Waals surface area contributed by atoms with Crippen LogP contribution in [0.2, 0.25) is 0 Å². The summed E-state index contributed by atoms with van der Waals surface area (Å²) >= 11 is 3.61. The highest BCUT2D eigenvalue weighted by Gasteiger charge is 2.25. The molecule has 0 unspecified atom stereocenters. The Morgan fingerprint density at radius 1 is 1.16 bits per heavy atom. The van der Waals surface area contributed by atoms with E-state index in [0.717, 1.165) is 41.8 Å². The van der Waals surface area contributed by atoms with Crippen molar-refractivity contribution in [3.63, 3.8) is 0 Å². The van der Waals surface area contributed by atoms with Crippen molar-refractivity contribution in [3.8, 4) is 11.5 Å². The molecule has 0 fully saturated rings. The van der Waals surface area contributed by atoms with Gasteiger partial charge < -0.3 is 15.2 Å². The first kappa shape index (κ1) is 14.7. The van der Waals surface area contributed by atoms with Crippen molar-refractivity contribution in [1.29, 1.82) is 0 Å². The molecule has 1 heterocycles. The minimum absolute atomic E-state index is 0.0468. The van der Waals surface area contributed by atoms with E-state index >= 15 is 0 Å². The van der Waals surface area contributed by atoms with E-state index in [-0.39, 0.29) is 5.41 Å². The van der Waals surface area contributed by atoms with Crippen LogP contribution in [0.15, 0.2) is 16.6 Å². The van der Waals surface area contributed by atoms with Gasteiger partial charge in [0.25, 0.3) is 0 Å². The average Bonchev–Trinajstić information content (AvgIpc) is 2.50. The van der Waals surface area contributed by atoms with E-state index in [2.05, 4.69) is 35.8 Å². The molecular formula is C15H22BrNO2. The van der Waals surface area contributed by atoms with Gasteiger partial charge in [-0.1, -0.05) is 29.8 Å². The first-order chi connectivity index (χ1) is 9.02. The van der Waals surface area contributed by atoms with Crippen LogP contribution in [-0.2, 0) is 6.42 Å². The summed E-state index contributed by atoms with van der Waals surface area (Å²) < 4.78 is 12.8. The van der Waals surface area contributed by atoms with Gasteiger partial charge in [0.15, 0.2) is 11.5 Å². The van der Waals surface area contributed by atoms with Gasteiger partial charge in [-0.15, -0.1) is 0 Å². The van der Waals surface area contributed by atoms with Crippen molar-refractivity contribution in [2.45, 2.75) is 33.1 Å². The van der Waals surface area contributed by atoms with E-state index < -0.39 is 0 Å². The Labute approximate surface area is 123 Å². The Balaban J connectivity index is 2.16. The van der Waals surface area contributed by atoms with Crippen LogP contribution < -0.4 is 15.2 Å². The molecule has 0 aromatic heterocycles. The van der Waals surface area contributed by atoms with Crippen LogP contribution in [-0.4, -0.2) is 19.8 Å². The number of aryl methyl sites for hydroxylation is 1. The summed E-state index contributed by atoms with van der Waals surface area (Å²) in [6, 6.07) is 4.12. The zero-order chi connectivity index (χ0) is 13.9. The van der Waals surface area contributed by atoms with Crippen LogP contribution in [0.3, 0.4) is 0 Å². The summed E-state index contributed by atoms with van der Waals surface area (Å²) in [7, 11) is 0. The Morgan fingerprint density at radius 2 is 1.79 bits per heavy atom. The van der Waals surface area contributed by atoms with Crippen LogP contribution in [0, 0.1) is 5.41 Å². The fourth-order valence-corrected chi connectivity index (χ4v) is 2.56. The topological polar surface area (TPSA) is 44.5 Å². The molecule has 0 saturated carbocycles. The van der Waals surface area contributed by atoms with Gasteiger partial charge in [0.05, 0.1) is 13.2 Å². The summed E-state index contributed by atoms with van der Waals surface area (Å²) in [5.74, 6) is 1.69. The zero-order valence-electron chi connectivity index (χ0n) is 11.7. The number of ether oxygens (including phenoxy) is 2. The number of fused-ring (bicyclic) bond motifs is 1. The fourth-order valence-electron chi connectivity index (χ4n) is 2.04. The van der Waals surface area contributed by atoms with Crippen molar-refractivity contribution >= 4 is 15.9 Å². The minimum atomic E-state index is 0.0468. The lowest BCUT2D eigenvalue weighted by molar-refractivity contribution is 0.140. The summed E-state index contributed by atoms with van der Waals surface area (Å²) in [6.07, 6.45) is 3.16. The molecule has 2 N–H and O–H groups in total. The second kappa shape index (κ2) is 6.14. The molecule has 1 aliphatic heterocycles. The molecule has 0 bridgehead atoms. The Morgan fingerprint density at radius 3 is 2.42 bits per heavy atom. The van der Waals surface area contributed by atoms with Crippen LogP contribution in [0.1, 0.15) is 32.3 Å². The smallest absolute Gasteiger partial charge is 0.162 e. The van der Waals surface area contributed by atoms with E-state index in [1.807, 2.05) is 6.07 Å². The summed E-state index contributed by atoms with van der Waals surface area (Å²) in [4.78, 5) is 0. The van der Waals surface area contributed by atoms with Crippen LogP contribution in [0.25, 0.3) is 0 Å². The molecule has 0 atom stereocenters. The molecule has 0 spiro atoms. The third kappa shape index (κ3) is 3.86. The standard InChI is InChI=1S/C15H22BrNO2/c1-15(2)9-18-13-7-11(5-3-4-6-17)12(16)8-14(13)19-10-15/h7-8H,3-6,9-10,17H2,1-2H3. The molecule has 1 aliphatic rings. The number of nitrogens with two attached hydrogens (primary N) is 1. The minimum Gasteiger partial charge on any atom is -0.489 e. The number of rotatable bonds is 4. The molecule has 3 nitrogen and oxygen atoms in total. The maximum Gasteiger partial charge on any atom is 0.162 e. The van der Waals surface area contributed by atoms with E-state index in [4.69, 9.17) is 15.2 Å². The molecule has 4 heteroatoms.